The van der Waals surface area contributed by atoms with Crippen LogP contribution in [0.3, 0.4) is 0 Å². The first-order chi connectivity index (χ1) is 8.60. The molecule has 1 amide bonds. The Bertz CT molecular complexity index is 505. The number of carbonyl (C=O) groups is 1. The lowest BCUT2D eigenvalue weighted by atomic mass is 10.2. The molecule has 1 aliphatic heterocycles. The van der Waals surface area contributed by atoms with E-state index in [2.05, 4.69) is 26.2 Å². The first-order valence-corrected chi connectivity index (χ1v) is 6.65. The molecule has 96 valence electrons. The minimum absolute atomic E-state index is 0.0512. The number of hydrogen-bond acceptors (Lipinski definition) is 3. The summed E-state index contributed by atoms with van der Waals surface area (Å²) in [6.07, 6.45) is 3.30. The molecule has 0 bridgehead atoms. The normalized spacial score (nSPS) is 19.8. The van der Waals surface area contributed by atoms with Crippen LogP contribution < -0.4 is 10.1 Å². The van der Waals surface area contributed by atoms with Crippen molar-refractivity contribution in [2.45, 2.75) is 18.9 Å². The highest BCUT2D eigenvalue weighted by atomic mass is 79.9. The summed E-state index contributed by atoms with van der Waals surface area (Å²) in [7, 11) is 1.52. The molecule has 6 heteroatoms. The summed E-state index contributed by atoms with van der Waals surface area (Å²) in [6.45, 7) is 0. The number of amides is 1. The highest BCUT2D eigenvalue weighted by molar-refractivity contribution is 9.15. The average Bonchev–Trinajstić information content (AvgIpc) is 2.75. The fraction of sp³-hybridized carbons (Fsp3) is 0.333. The van der Waals surface area contributed by atoms with Crippen molar-refractivity contribution in [3.05, 3.63) is 28.9 Å². The minimum Gasteiger partial charge on any atom is -0.480 e. The molecule has 0 unspecified atom stereocenters. The molecule has 2 rings (SSSR count). The maximum Gasteiger partial charge on any atom is 0.232 e. The zero-order chi connectivity index (χ0) is 13.1. The third-order valence-electron chi connectivity index (χ3n) is 2.63. The van der Waals surface area contributed by atoms with E-state index in [4.69, 9.17) is 16.3 Å². The van der Waals surface area contributed by atoms with Crippen molar-refractivity contribution >= 4 is 37.9 Å². The zero-order valence-corrected chi connectivity index (χ0v) is 12.1. The standard InChI is InChI=1S/C12H12BrClN2O2/c1-18-12-9(14)3-4-10(16-12)8(13)6-7-2-5-11(17)15-7/h3-4,6-7H,2,5H2,1H3,(H,15,17)/t7-/m1/s1. The van der Waals surface area contributed by atoms with E-state index in [9.17, 15) is 4.79 Å². The summed E-state index contributed by atoms with van der Waals surface area (Å²) < 4.78 is 5.87. The SMILES string of the molecule is COc1nc(C(Br)=C[C@H]2CCC(=O)N2)ccc1Cl. The van der Waals surface area contributed by atoms with Crippen molar-refractivity contribution in [1.82, 2.24) is 10.3 Å². The number of ether oxygens (including phenoxy) is 1. The van der Waals surface area contributed by atoms with Crippen LogP contribution in [0.5, 0.6) is 5.88 Å². The van der Waals surface area contributed by atoms with Gasteiger partial charge in [-0.3, -0.25) is 4.79 Å². The summed E-state index contributed by atoms with van der Waals surface area (Å²) >= 11 is 9.36. The van der Waals surface area contributed by atoms with Crippen LogP contribution in [0, 0.1) is 0 Å². The van der Waals surface area contributed by atoms with E-state index in [0.29, 0.717) is 17.3 Å². The summed E-state index contributed by atoms with van der Waals surface area (Å²) in [5.41, 5.74) is 0.720. The molecule has 1 fully saturated rings. The molecule has 4 nitrogen and oxygen atoms in total. The monoisotopic (exact) mass is 330 g/mol. The van der Waals surface area contributed by atoms with E-state index in [0.717, 1.165) is 16.6 Å². The van der Waals surface area contributed by atoms with Gasteiger partial charge in [-0.15, -0.1) is 0 Å². The van der Waals surface area contributed by atoms with Gasteiger partial charge in [0.2, 0.25) is 11.8 Å². The molecule has 0 saturated carbocycles. The quantitative estimate of drug-likeness (QED) is 0.926. The van der Waals surface area contributed by atoms with Crippen molar-refractivity contribution in [3.63, 3.8) is 0 Å². The average molecular weight is 332 g/mol. The van der Waals surface area contributed by atoms with Gasteiger partial charge >= 0.3 is 0 Å². The number of nitrogens with one attached hydrogen (secondary N) is 1. The maximum absolute atomic E-state index is 11.1. The van der Waals surface area contributed by atoms with Gasteiger partial charge in [0.1, 0.15) is 5.02 Å². The van der Waals surface area contributed by atoms with E-state index in [1.54, 1.807) is 12.1 Å². The summed E-state index contributed by atoms with van der Waals surface area (Å²) in [4.78, 5) is 15.4. The van der Waals surface area contributed by atoms with Crippen LogP contribution in [0.2, 0.25) is 5.02 Å². The van der Waals surface area contributed by atoms with Crippen molar-refractivity contribution in [3.8, 4) is 5.88 Å². The molecule has 1 atom stereocenters. The van der Waals surface area contributed by atoms with Crippen LogP contribution in [-0.2, 0) is 4.79 Å². The largest absolute Gasteiger partial charge is 0.480 e. The van der Waals surface area contributed by atoms with Crippen molar-refractivity contribution in [2.24, 2.45) is 0 Å². The Labute approximate surface area is 119 Å². The second-order valence-electron chi connectivity index (χ2n) is 3.91. The van der Waals surface area contributed by atoms with Crippen molar-refractivity contribution < 1.29 is 9.53 Å². The molecule has 0 aromatic carbocycles. The van der Waals surface area contributed by atoms with Gasteiger partial charge in [0.15, 0.2) is 0 Å². The highest BCUT2D eigenvalue weighted by Crippen LogP contribution is 2.28. The molecule has 1 N–H and O–H groups in total. The minimum atomic E-state index is 0.0512. The van der Waals surface area contributed by atoms with Crippen LogP contribution in [0.4, 0.5) is 0 Å². The molecule has 1 aliphatic rings. The van der Waals surface area contributed by atoms with E-state index in [1.807, 2.05) is 6.08 Å². The lowest BCUT2D eigenvalue weighted by molar-refractivity contribution is -0.119. The Morgan fingerprint density at radius 1 is 1.67 bits per heavy atom. The number of pyridine rings is 1. The molecule has 1 aromatic rings. The van der Waals surface area contributed by atoms with Gasteiger partial charge in [-0.1, -0.05) is 11.6 Å². The third-order valence-corrected chi connectivity index (χ3v) is 3.59. The van der Waals surface area contributed by atoms with Crippen LogP contribution >= 0.6 is 27.5 Å². The van der Waals surface area contributed by atoms with Crippen LogP contribution in [0.15, 0.2) is 18.2 Å². The second kappa shape index (κ2) is 5.71. The highest BCUT2D eigenvalue weighted by Gasteiger charge is 2.19. The van der Waals surface area contributed by atoms with E-state index in [-0.39, 0.29) is 11.9 Å². The summed E-state index contributed by atoms with van der Waals surface area (Å²) in [5, 5.41) is 3.33. The van der Waals surface area contributed by atoms with Crippen LogP contribution in [0.1, 0.15) is 18.5 Å². The number of carbonyl (C=O) groups excluding carboxylic acids is 1. The zero-order valence-electron chi connectivity index (χ0n) is 9.74. The fourth-order valence-electron chi connectivity index (χ4n) is 1.72. The number of halogens is 2. The van der Waals surface area contributed by atoms with E-state index < -0.39 is 0 Å². The lowest BCUT2D eigenvalue weighted by Gasteiger charge is -2.07. The predicted octanol–water partition coefficient (Wildman–Crippen LogP) is 2.76. The lowest BCUT2D eigenvalue weighted by Crippen LogP contribution is -2.23. The topological polar surface area (TPSA) is 51.2 Å². The molecular formula is C12H12BrClN2O2. The van der Waals surface area contributed by atoms with Gasteiger partial charge in [0.25, 0.3) is 0 Å². The first kappa shape index (κ1) is 13.4. The number of nitrogens with zero attached hydrogens (tertiary/aromatic N) is 1. The predicted molar refractivity (Wildman–Crippen MR) is 73.9 cm³/mol. The number of aromatic nitrogens is 1. The van der Waals surface area contributed by atoms with Gasteiger partial charge in [-0.25, -0.2) is 4.98 Å². The maximum atomic E-state index is 11.1. The fourth-order valence-corrected chi connectivity index (χ4v) is 2.45. The molecule has 18 heavy (non-hydrogen) atoms. The Morgan fingerprint density at radius 3 is 3.06 bits per heavy atom. The second-order valence-corrected chi connectivity index (χ2v) is 5.18. The van der Waals surface area contributed by atoms with Crippen LogP contribution in [-0.4, -0.2) is 24.0 Å². The molecule has 2 heterocycles. The molecule has 0 aliphatic carbocycles. The molecular weight excluding hydrogens is 320 g/mol. The Kier molecular flexibility index (Phi) is 4.24. The van der Waals surface area contributed by atoms with Gasteiger partial charge in [-0.05, 0) is 40.6 Å². The number of methoxy groups -OCH3 is 1. The Balaban J connectivity index is 2.20. The van der Waals surface area contributed by atoms with E-state index >= 15 is 0 Å². The number of hydrogen-bond donors (Lipinski definition) is 1. The summed E-state index contributed by atoms with van der Waals surface area (Å²) in [5.74, 6) is 0.466. The van der Waals surface area contributed by atoms with Gasteiger partial charge < -0.3 is 10.1 Å². The molecule has 0 radical (unpaired) electrons. The van der Waals surface area contributed by atoms with E-state index in [1.165, 1.54) is 7.11 Å². The molecule has 0 spiro atoms. The number of rotatable bonds is 3. The van der Waals surface area contributed by atoms with Crippen molar-refractivity contribution in [1.29, 1.82) is 0 Å². The Morgan fingerprint density at radius 2 is 2.44 bits per heavy atom. The van der Waals surface area contributed by atoms with Gasteiger partial charge in [-0.2, -0.15) is 0 Å². The van der Waals surface area contributed by atoms with Gasteiger partial charge in [0, 0.05) is 16.9 Å². The van der Waals surface area contributed by atoms with Gasteiger partial charge in [0.05, 0.1) is 12.8 Å². The van der Waals surface area contributed by atoms with Crippen LogP contribution in [0.25, 0.3) is 4.48 Å². The smallest absolute Gasteiger partial charge is 0.232 e. The Hall–Kier alpha value is -1.07. The molecule has 1 saturated heterocycles. The molecule has 1 aromatic heterocycles. The first-order valence-electron chi connectivity index (χ1n) is 5.47. The third kappa shape index (κ3) is 3.03. The summed E-state index contributed by atoms with van der Waals surface area (Å²) in [6, 6.07) is 3.57. The van der Waals surface area contributed by atoms with Crippen molar-refractivity contribution in [2.75, 3.05) is 7.11 Å².